The third-order valence-corrected chi connectivity index (χ3v) is 6.97. The minimum absolute atomic E-state index is 0.0527. The van der Waals surface area contributed by atoms with Crippen LogP contribution in [-0.2, 0) is 11.3 Å². The Morgan fingerprint density at radius 3 is 2.71 bits per heavy atom. The zero-order chi connectivity index (χ0) is 24.1. The fraction of sp³-hybridized carbons (Fsp3) is 0.250. The lowest BCUT2D eigenvalue weighted by Gasteiger charge is -2.20. The Morgan fingerprint density at radius 2 is 1.94 bits per heavy atom. The Morgan fingerprint density at radius 1 is 1.11 bits per heavy atom. The van der Waals surface area contributed by atoms with Crippen LogP contribution in [0.5, 0.6) is 0 Å². The minimum Gasteiger partial charge on any atom is -0.340 e. The Kier molecular flexibility index (Phi) is 5.05. The van der Waals surface area contributed by atoms with Crippen LogP contribution in [-0.4, -0.2) is 52.1 Å². The van der Waals surface area contributed by atoms with Gasteiger partial charge in [0.25, 0.3) is 0 Å². The lowest BCUT2D eigenvalue weighted by Crippen LogP contribution is -2.31. The molecule has 4 aromatic rings. The molecule has 1 atom stereocenters. The number of amides is 1. The van der Waals surface area contributed by atoms with Crippen LogP contribution in [0, 0.1) is 12.5 Å². The molecule has 0 N–H and O–H groups in total. The maximum Gasteiger partial charge on any atom is 0.231 e. The first-order chi connectivity index (χ1) is 17.0. The normalized spacial score (nSPS) is 16.6. The van der Waals surface area contributed by atoms with Gasteiger partial charge in [0.1, 0.15) is 0 Å². The van der Waals surface area contributed by atoms with E-state index in [1.165, 1.54) is 0 Å². The first-order valence-corrected chi connectivity index (χ1v) is 11.8. The van der Waals surface area contributed by atoms with Crippen molar-refractivity contribution >= 4 is 17.3 Å². The van der Waals surface area contributed by atoms with Crippen molar-refractivity contribution in [3.8, 4) is 28.3 Å². The maximum atomic E-state index is 13.1. The van der Waals surface area contributed by atoms with Crippen LogP contribution >= 0.6 is 0 Å². The second kappa shape index (κ2) is 8.26. The number of anilines is 1. The van der Waals surface area contributed by atoms with Gasteiger partial charge in [-0.1, -0.05) is 24.3 Å². The number of imidazole rings is 1. The van der Waals surface area contributed by atoms with E-state index in [0.717, 1.165) is 59.1 Å². The summed E-state index contributed by atoms with van der Waals surface area (Å²) < 4.78 is 4.36. The molecule has 1 fully saturated rings. The largest absolute Gasteiger partial charge is 0.340 e. The van der Waals surface area contributed by atoms with Crippen molar-refractivity contribution in [2.75, 3.05) is 32.1 Å². The fourth-order valence-electron chi connectivity index (χ4n) is 5.29. The summed E-state index contributed by atoms with van der Waals surface area (Å²) in [5.41, 5.74) is 7.03. The topological polar surface area (TPSA) is 50.7 Å². The Balaban J connectivity index is 1.38. The molecule has 2 aliphatic rings. The van der Waals surface area contributed by atoms with E-state index in [1.54, 1.807) is 0 Å². The van der Waals surface area contributed by atoms with E-state index in [-0.39, 0.29) is 11.8 Å². The molecule has 2 aromatic heterocycles. The molecule has 0 bridgehead atoms. The molecule has 0 unspecified atom stereocenters. The van der Waals surface area contributed by atoms with Crippen molar-refractivity contribution in [1.82, 2.24) is 19.0 Å². The highest BCUT2D eigenvalue weighted by atomic mass is 16.2. The summed E-state index contributed by atoms with van der Waals surface area (Å²) in [5, 5.41) is 0. The highest BCUT2D eigenvalue weighted by Crippen LogP contribution is 2.36. The van der Waals surface area contributed by atoms with Crippen molar-refractivity contribution in [1.29, 1.82) is 0 Å². The Labute approximate surface area is 204 Å². The van der Waals surface area contributed by atoms with Crippen LogP contribution in [0.15, 0.2) is 67.1 Å². The standard InChI is InChI=1S/C28H26N6O/c1-29-23-6-4-19(5-7-23)21-15-26-27-30-11-13-34(27)25-9-8-24(14-22(25)18-32(26)17-21)33-12-10-20(28(33)35)16-31(2)3/h4-9,11,13-15,17,20H,10,12,16,18H2,2-3H3/t20-/m1/s1. The van der Waals surface area contributed by atoms with Gasteiger partial charge in [-0.2, -0.15) is 0 Å². The lowest BCUT2D eigenvalue weighted by molar-refractivity contribution is -0.120. The molecule has 1 saturated heterocycles. The molecule has 0 saturated carbocycles. The van der Waals surface area contributed by atoms with Gasteiger partial charge in [-0.3, -0.25) is 9.36 Å². The fourth-order valence-corrected chi connectivity index (χ4v) is 5.29. The van der Waals surface area contributed by atoms with Crippen molar-refractivity contribution in [2.24, 2.45) is 5.92 Å². The van der Waals surface area contributed by atoms with Crippen molar-refractivity contribution in [3.63, 3.8) is 0 Å². The van der Waals surface area contributed by atoms with Gasteiger partial charge in [0.2, 0.25) is 5.91 Å². The van der Waals surface area contributed by atoms with Gasteiger partial charge in [0.05, 0.1) is 23.9 Å². The van der Waals surface area contributed by atoms with Crippen LogP contribution in [0.25, 0.3) is 33.2 Å². The molecule has 174 valence electrons. The van der Waals surface area contributed by atoms with E-state index in [1.807, 2.05) is 55.7 Å². The van der Waals surface area contributed by atoms with Crippen LogP contribution in [0.2, 0.25) is 0 Å². The summed E-state index contributed by atoms with van der Waals surface area (Å²) in [4.78, 5) is 25.3. The van der Waals surface area contributed by atoms with Crippen LogP contribution in [0.4, 0.5) is 11.4 Å². The average Bonchev–Trinajstić information content (AvgIpc) is 3.57. The number of aromatic nitrogens is 3. The van der Waals surface area contributed by atoms with Crippen molar-refractivity contribution < 1.29 is 4.79 Å². The summed E-state index contributed by atoms with van der Waals surface area (Å²) in [5.74, 6) is 1.16. The summed E-state index contributed by atoms with van der Waals surface area (Å²) in [6.45, 7) is 9.42. The molecule has 6 rings (SSSR count). The molecular weight excluding hydrogens is 436 g/mol. The molecule has 7 heteroatoms. The predicted octanol–water partition coefficient (Wildman–Crippen LogP) is 4.83. The SMILES string of the molecule is [C-]#[N+]c1ccc(-c2cc3n(c2)Cc2cc(N4CC[C@H](CN(C)C)C4=O)ccc2-n2ccnc2-3)cc1. The van der Waals surface area contributed by atoms with Gasteiger partial charge in [0.15, 0.2) is 11.5 Å². The summed E-state index contributed by atoms with van der Waals surface area (Å²) in [6, 6.07) is 16.2. The number of hydrogen-bond acceptors (Lipinski definition) is 3. The second-order valence-corrected chi connectivity index (χ2v) is 9.57. The number of hydrogen-bond donors (Lipinski definition) is 0. The zero-order valence-corrected chi connectivity index (χ0v) is 19.8. The number of fused-ring (bicyclic) bond motifs is 5. The van der Waals surface area contributed by atoms with E-state index in [4.69, 9.17) is 6.57 Å². The van der Waals surface area contributed by atoms with Gasteiger partial charge in [-0.05, 0) is 55.9 Å². The molecule has 0 radical (unpaired) electrons. The van der Waals surface area contributed by atoms with Gasteiger partial charge in [0, 0.05) is 49.5 Å². The molecule has 7 nitrogen and oxygen atoms in total. The molecule has 35 heavy (non-hydrogen) atoms. The van der Waals surface area contributed by atoms with E-state index < -0.39 is 0 Å². The first-order valence-electron chi connectivity index (χ1n) is 11.8. The third-order valence-electron chi connectivity index (χ3n) is 6.97. The summed E-state index contributed by atoms with van der Waals surface area (Å²) in [6.07, 6.45) is 6.86. The van der Waals surface area contributed by atoms with Gasteiger partial charge in [-0.15, -0.1) is 0 Å². The van der Waals surface area contributed by atoms with Gasteiger partial charge in [-0.25, -0.2) is 9.83 Å². The summed E-state index contributed by atoms with van der Waals surface area (Å²) >= 11 is 0. The van der Waals surface area contributed by atoms with Crippen molar-refractivity contribution in [2.45, 2.75) is 13.0 Å². The molecule has 4 heterocycles. The summed E-state index contributed by atoms with van der Waals surface area (Å²) in [7, 11) is 4.03. The number of carbonyl (C=O) groups is 1. The number of carbonyl (C=O) groups excluding carboxylic acids is 1. The van der Waals surface area contributed by atoms with Crippen molar-refractivity contribution in [3.05, 3.63) is 84.1 Å². The molecule has 1 amide bonds. The lowest BCUT2D eigenvalue weighted by atomic mass is 10.1. The number of nitrogens with zero attached hydrogens (tertiary/aromatic N) is 6. The highest BCUT2D eigenvalue weighted by molar-refractivity contribution is 5.97. The van der Waals surface area contributed by atoms with Crippen LogP contribution in [0.3, 0.4) is 0 Å². The highest BCUT2D eigenvalue weighted by Gasteiger charge is 2.33. The average molecular weight is 463 g/mol. The van der Waals surface area contributed by atoms with E-state index in [0.29, 0.717) is 12.2 Å². The van der Waals surface area contributed by atoms with E-state index >= 15 is 0 Å². The third kappa shape index (κ3) is 3.63. The number of benzene rings is 2. The monoisotopic (exact) mass is 462 g/mol. The Bertz CT molecular complexity index is 1470. The van der Waals surface area contributed by atoms with Crippen LogP contribution in [0.1, 0.15) is 12.0 Å². The van der Waals surface area contributed by atoms with Crippen LogP contribution < -0.4 is 4.90 Å². The van der Waals surface area contributed by atoms with Gasteiger partial charge < -0.3 is 14.4 Å². The molecule has 0 aliphatic carbocycles. The first kappa shape index (κ1) is 21.4. The molecule has 0 spiro atoms. The minimum atomic E-state index is 0.0527. The Hall–Kier alpha value is -4.15. The predicted molar refractivity (Wildman–Crippen MR) is 137 cm³/mol. The van der Waals surface area contributed by atoms with E-state index in [9.17, 15) is 4.79 Å². The smallest absolute Gasteiger partial charge is 0.231 e. The van der Waals surface area contributed by atoms with E-state index in [2.05, 4.69) is 54.3 Å². The maximum absolute atomic E-state index is 13.1. The molecule has 2 aromatic carbocycles. The number of rotatable bonds is 4. The van der Waals surface area contributed by atoms with Gasteiger partial charge >= 0.3 is 0 Å². The zero-order valence-electron chi connectivity index (χ0n) is 19.8. The second-order valence-electron chi connectivity index (χ2n) is 9.57. The quantitative estimate of drug-likeness (QED) is 0.359. The molecular formula is C28H26N6O. The molecule has 2 aliphatic heterocycles.